The lowest BCUT2D eigenvalue weighted by Crippen LogP contribution is -2.32. The normalized spacial score (nSPS) is 13.6. The molecule has 144 valence electrons. The van der Waals surface area contributed by atoms with Crippen molar-refractivity contribution in [2.45, 2.75) is 19.4 Å². The lowest BCUT2D eigenvalue weighted by atomic mass is 10.2. The predicted octanol–water partition coefficient (Wildman–Crippen LogP) is 1.80. The molecule has 1 aromatic heterocycles. The molecular weight excluding hydrogens is 346 g/mol. The van der Waals surface area contributed by atoms with Crippen LogP contribution in [0.1, 0.15) is 29.0 Å². The third kappa shape index (κ3) is 5.59. The fourth-order valence-electron chi connectivity index (χ4n) is 2.97. The predicted molar refractivity (Wildman–Crippen MR) is 100 cm³/mol. The molecule has 0 bridgehead atoms. The zero-order chi connectivity index (χ0) is 18.9. The number of para-hydroxylation sites is 1. The molecule has 1 saturated heterocycles. The summed E-state index contributed by atoms with van der Waals surface area (Å²) in [6.07, 6.45) is 3.62. The van der Waals surface area contributed by atoms with Gasteiger partial charge in [0.25, 0.3) is 11.8 Å². The van der Waals surface area contributed by atoms with Gasteiger partial charge < -0.3 is 24.7 Å². The fourth-order valence-corrected chi connectivity index (χ4v) is 2.97. The average molecular weight is 371 g/mol. The van der Waals surface area contributed by atoms with Crippen molar-refractivity contribution in [2.75, 3.05) is 32.8 Å². The van der Waals surface area contributed by atoms with E-state index in [1.54, 1.807) is 12.1 Å². The number of carbonyl (C=O) groups is 2. The Morgan fingerprint density at radius 1 is 1.07 bits per heavy atom. The number of ether oxygens (including phenoxy) is 1. The smallest absolute Gasteiger partial charge is 0.287 e. The van der Waals surface area contributed by atoms with Crippen LogP contribution in [0.4, 0.5) is 0 Å². The van der Waals surface area contributed by atoms with Gasteiger partial charge in [-0.3, -0.25) is 9.59 Å². The summed E-state index contributed by atoms with van der Waals surface area (Å²) in [4.78, 5) is 25.7. The summed E-state index contributed by atoms with van der Waals surface area (Å²) in [6.45, 7) is 3.40. The highest BCUT2D eigenvalue weighted by molar-refractivity contribution is 5.91. The third-order valence-electron chi connectivity index (χ3n) is 4.43. The molecule has 0 spiro atoms. The van der Waals surface area contributed by atoms with E-state index in [1.165, 1.54) is 6.26 Å². The van der Waals surface area contributed by atoms with Crippen molar-refractivity contribution in [3.63, 3.8) is 0 Å². The van der Waals surface area contributed by atoms with E-state index in [9.17, 15) is 9.59 Å². The van der Waals surface area contributed by atoms with Crippen molar-refractivity contribution in [3.8, 4) is 5.75 Å². The van der Waals surface area contributed by atoms with E-state index in [0.29, 0.717) is 31.1 Å². The monoisotopic (exact) mass is 371 g/mol. The number of likely N-dealkylation sites (tertiary alicyclic amines) is 1. The maximum absolute atomic E-state index is 12.1. The summed E-state index contributed by atoms with van der Waals surface area (Å²) < 4.78 is 10.8. The Hall–Kier alpha value is -2.80. The molecule has 0 radical (unpaired) electrons. The van der Waals surface area contributed by atoms with E-state index in [4.69, 9.17) is 9.15 Å². The molecule has 27 heavy (non-hydrogen) atoms. The van der Waals surface area contributed by atoms with Gasteiger partial charge in [-0.05, 0) is 31.0 Å². The SMILES string of the molecule is O=C(NCCNCc1ccccc1OCC(=O)N1CCCC1)c1ccco1. The summed E-state index contributed by atoms with van der Waals surface area (Å²) in [5, 5.41) is 6.05. The van der Waals surface area contributed by atoms with Crippen LogP contribution in [0.5, 0.6) is 5.75 Å². The Kier molecular flexibility index (Phi) is 6.87. The molecule has 0 saturated carbocycles. The van der Waals surface area contributed by atoms with Gasteiger partial charge >= 0.3 is 0 Å². The summed E-state index contributed by atoms with van der Waals surface area (Å²) in [5.74, 6) is 0.815. The molecule has 3 rings (SSSR count). The molecule has 2 amide bonds. The fraction of sp³-hybridized carbons (Fsp3) is 0.400. The van der Waals surface area contributed by atoms with Gasteiger partial charge in [0.1, 0.15) is 5.75 Å². The van der Waals surface area contributed by atoms with Gasteiger partial charge in [-0.2, -0.15) is 0 Å². The molecule has 1 fully saturated rings. The largest absolute Gasteiger partial charge is 0.483 e. The third-order valence-corrected chi connectivity index (χ3v) is 4.43. The van der Waals surface area contributed by atoms with Crippen LogP contribution in [0.3, 0.4) is 0 Å². The van der Waals surface area contributed by atoms with Crippen molar-refractivity contribution in [1.29, 1.82) is 0 Å². The van der Waals surface area contributed by atoms with Gasteiger partial charge in [-0.25, -0.2) is 0 Å². The molecule has 1 aliphatic heterocycles. The summed E-state index contributed by atoms with van der Waals surface area (Å²) in [5.41, 5.74) is 0.976. The average Bonchev–Trinajstić information content (AvgIpc) is 3.40. The van der Waals surface area contributed by atoms with Crippen LogP contribution in [0.2, 0.25) is 0 Å². The number of nitrogens with one attached hydrogen (secondary N) is 2. The molecule has 0 unspecified atom stereocenters. The molecular formula is C20H25N3O4. The van der Waals surface area contributed by atoms with Crippen LogP contribution >= 0.6 is 0 Å². The molecule has 1 aliphatic rings. The van der Waals surface area contributed by atoms with Gasteiger partial charge in [-0.15, -0.1) is 0 Å². The van der Waals surface area contributed by atoms with E-state index in [-0.39, 0.29) is 18.4 Å². The maximum Gasteiger partial charge on any atom is 0.287 e. The summed E-state index contributed by atoms with van der Waals surface area (Å²) in [7, 11) is 0. The second kappa shape index (κ2) is 9.78. The number of amides is 2. The minimum atomic E-state index is -0.231. The first-order valence-electron chi connectivity index (χ1n) is 9.25. The highest BCUT2D eigenvalue weighted by Gasteiger charge is 2.18. The summed E-state index contributed by atoms with van der Waals surface area (Å²) in [6, 6.07) is 11.0. The van der Waals surface area contributed by atoms with Gasteiger partial charge in [0, 0.05) is 38.3 Å². The van der Waals surface area contributed by atoms with Crippen LogP contribution in [-0.4, -0.2) is 49.5 Å². The molecule has 0 aliphatic carbocycles. The molecule has 2 N–H and O–H groups in total. The number of hydrogen-bond donors (Lipinski definition) is 2. The van der Waals surface area contributed by atoms with Crippen molar-refractivity contribution in [1.82, 2.24) is 15.5 Å². The van der Waals surface area contributed by atoms with Crippen molar-refractivity contribution < 1.29 is 18.7 Å². The second-order valence-corrected chi connectivity index (χ2v) is 6.39. The molecule has 1 aromatic carbocycles. The standard InChI is InChI=1S/C20H25N3O4/c24-19(23-11-3-4-12-23)15-27-17-7-2-1-6-16(17)14-21-9-10-22-20(25)18-8-5-13-26-18/h1-2,5-8,13,21H,3-4,9-12,14-15H2,(H,22,25). The molecule has 7 nitrogen and oxygen atoms in total. The highest BCUT2D eigenvalue weighted by Crippen LogP contribution is 2.18. The second-order valence-electron chi connectivity index (χ2n) is 6.39. The Bertz CT molecular complexity index is 739. The van der Waals surface area contributed by atoms with Crippen LogP contribution < -0.4 is 15.4 Å². The van der Waals surface area contributed by atoms with Crippen LogP contribution in [-0.2, 0) is 11.3 Å². The maximum atomic E-state index is 12.1. The first-order chi connectivity index (χ1) is 13.2. The van der Waals surface area contributed by atoms with E-state index < -0.39 is 0 Å². The van der Waals surface area contributed by atoms with Crippen LogP contribution in [0, 0.1) is 0 Å². The quantitative estimate of drug-likeness (QED) is 0.657. The topological polar surface area (TPSA) is 83.8 Å². The Balaban J connectivity index is 1.39. The van der Waals surface area contributed by atoms with Crippen LogP contribution in [0.15, 0.2) is 47.1 Å². The van der Waals surface area contributed by atoms with E-state index in [0.717, 1.165) is 31.5 Å². The molecule has 2 aromatic rings. The van der Waals surface area contributed by atoms with Gasteiger partial charge in [0.05, 0.1) is 6.26 Å². The molecule has 7 heteroatoms. The minimum Gasteiger partial charge on any atom is -0.483 e. The van der Waals surface area contributed by atoms with E-state index >= 15 is 0 Å². The zero-order valence-electron chi connectivity index (χ0n) is 15.3. The van der Waals surface area contributed by atoms with Gasteiger partial charge in [-0.1, -0.05) is 18.2 Å². The van der Waals surface area contributed by atoms with Crippen molar-refractivity contribution in [2.24, 2.45) is 0 Å². The van der Waals surface area contributed by atoms with E-state index in [2.05, 4.69) is 10.6 Å². The Morgan fingerprint density at radius 3 is 2.67 bits per heavy atom. The van der Waals surface area contributed by atoms with E-state index in [1.807, 2.05) is 29.2 Å². The lowest BCUT2D eigenvalue weighted by molar-refractivity contribution is -0.132. The highest BCUT2D eigenvalue weighted by atomic mass is 16.5. The van der Waals surface area contributed by atoms with Crippen LogP contribution in [0.25, 0.3) is 0 Å². The number of hydrogen-bond acceptors (Lipinski definition) is 5. The number of benzene rings is 1. The zero-order valence-corrected chi connectivity index (χ0v) is 15.3. The van der Waals surface area contributed by atoms with Gasteiger partial charge in [0.2, 0.25) is 0 Å². The van der Waals surface area contributed by atoms with Crippen molar-refractivity contribution in [3.05, 3.63) is 54.0 Å². The Labute approximate surface area is 158 Å². The number of rotatable bonds is 9. The number of carbonyl (C=O) groups excluding carboxylic acids is 2. The molecule has 0 atom stereocenters. The molecule has 2 heterocycles. The minimum absolute atomic E-state index is 0.0379. The first-order valence-corrected chi connectivity index (χ1v) is 9.25. The lowest BCUT2D eigenvalue weighted by Gasteiger charge is -2.17. The first kappa shape index (κ1) is 19.0. The van der Waals surface area contributed by atoms with Crippen molar-refractivity contribution >= 4 is 11.8 Å². The Morgan fingerprint density at radius 2 is 1.89 bits per heavy atom. The summed E-state index contributed by atoms with van der Waals surface area (Å²) >= 11 is 0. The number of furan rings is 1. The number of nitrogens with zero attached hydrogens (tertiary/aromatic N) is 1. The van der Waals surface area contributed by atoms with Gasteiger partial charge in [0.15, 0.2) is 12.4 Å².